The van der Waals surface area contributed by atoms with Crippen molar-refractivity contribution in [2.45, 2.75) is 47.1 Å². The molecule has 0 amide bonds. The molecule has 6 heteroatoms. The zero-order chi connectivity index (χ0) is 20.2. The maximum absolute atomic E-state index is 7.37. The minimum absolute atomic E-state index is 0.0600. The Morgan fingerprint density at radius 2 is 1.79 bits per heavy atom. The molecule has 5 nitrogen and oxygen atoms in total. The molecule has 0 spiro atoms. The number of hydrogen-bond acceptors (Lipinski definition) is 3. The number of aryl methyl sites for hydroxylation is 4. The van der Waals surface area contributed by atoms with E-state index in [0.29, 0.717) is 0 Å². The van der Waals surface area contributed by atoms with E-state index >= 15 is 0 Å². The molecule has 4 rings (SSSR count). The van der Waals surface area contributed by atoms with Gasteiger partial charge in [0, 0.05) is 23.1 Å². The van der Waals surface area contributed by atoms with Crippen molar-refractivity contribution in [2.24, 2.45) is 0 Å². The summed E-state index contributed by atoms with van der Waals surface area (Å²) in [6.07, 6.45) is 0.901. The quantitative estimate of drug-likeness (QED) is 0.515. The third kappa shape index (κ3) is 2.89. The van der Waals surface area contributed by atoms with Gasteiger partial charge in [-0.05, 0) is 63.4 Å². The molecule has 3 heterocycles. The third-order valence-electron chi connectivity index (χ3n) is 5.77. The second-order valence-electron chi connectivity index (χ2n) is 7.74. The van der Waals surface area contributed by atoms with E-state index in [0.717, 1.165) is 46.7 Å². The SMILES string of the molecule is [C-]#[N+]C1CCN(c2nc(C)nc3c2c(C)c(C)n3-c2c(C)cc(Br)cc2C)C1. The molecule has 1 aliphatic heterocycles. The fourth-order valence-electron chi connectivity index (χ4n) is 4.35. The average molecular weight is 438 g/mol. The summed E-state index contributed by atoms with van der Waals surface area (Å²) < 4.78 is 3.37. The lowest BCUT2D eigenvalue weighted by Gasteiger charge is -2.18. The van der Waals surface area contributed by atoms with Gasteiger partial charge in [0.25, 0.3) is 0 Å². The summed E-state index contributed by atoms with van der Waals surface area (Å²) in [6.45, 7) is 19.5. The summed E-state index contributed by atoms with van der Waals surface area (Å²) in [7, 11) is 0. The molecule has 28 heavy (non-hydrogen) atoms. The third-order valence-corrected chi connectivity index (χ3v) is 6.23. The molecular formula is C22H24BrN5. The van der Waals surface area contributed by atoms with E-state index in [9.17, 15) is 0 Å². The van der Waals surface area contributed by atoms with E-state index in [1.807, 2.05) is 6.92 Å². The standard InChI is InChI=1S/C22H24BrN5/c1-12-9-17(23)10-13(2)20(12)28-15(4)14(3)19-21(25-16(5)26-22(19)28)27-8-7-18(11-27)24-6/h9-10,18H,7-8,11H2,1-5H3. The molecule has 0 N–H and O–H groups in total. The van der Waals surface area contributed by atoms with E-state index in [1.54, 1.807) is 0 Å². The smallest absolute Gasteiger partial charge is 0.242 e. The Bertz CT molecular complexity index is 1120. The Morgan fingerprint density at radius 3 is 2.39 bits per heavy atom. The van der Waals surface area contributed by atoms with Crippen molar-refractivity contribution in [3.63, 3.8) is 0 Å². The molecule has 1 fully saturated rings. The zero-order valence-corrected chi connectivity index (χ0v) is 18.6. The summed E-state index contributed by atoms with van der Waals surface area (Å²) in [5.41, 5.74) is 6.95. The molecule has 1 aliphatic rings. The summed E-state index contributed by atoms with van der Waals surface area (Å²) in [5, 5.41) is 1.11. The molecule has 0 radical (unpaired) electrons. The van der Waals surface area contributed by atoms with Crippen LogP contribution in [0.2, 0.25) is 0 Å². The van der Waals surface area contributed by atoms with Gasteiger partial charge in [-0.25, -0.2) is 16.5 Å². The van der Waals surface area contributed by atoms with Crippen molar-refractivity contribution in [1.82, 2.24) is 14.5 Å². The highest BCUT2D eigenvalue weighted by atomic mass is 79.9. The highest BCUT2D eigenvalue weighted by Crippen LogP contribution is 2.37. The number of aromatic nitrogens is 3. The minimum Gasteiger partial charge on any atom is -0.348 e. The first-order chi connectivity index (χ1) is 13.3. The summed E-state index contributed by atoms with van der Waals surface area (Å²) in [6, 6.07) is 4.36. The Kier molecular flexibility index (Phi) is 4.67. The van der Waals surface area contributed by atoms with Crippen LogP contribution in [0.15, 0.2) is 16.6 Å². The van der Waals surface area contributed by atoms with E-state index in [4.69, 9.17) is 16.5 Å². The second kappa shape index (κ2) is 6.89. The molecule has 0 saturated carbocycles. The van der Waals surface area contributed by atoms with Crippen molar-refractivity contribution in [3.8, 4) is 5.69 Å². The van der Waals surface area contributed by atoms with Gasteiger partial charge in [-0.2, -0.15) is 0 Å². The predicted octanol–water partition coefficient (Wildman–Crippen LogP) is 5.22. The van der Waals surface area contributed by atoms with Crippen LogP contribution in [-0.2, 0) is 0 Å². The normalized spacial score (nSPS) is 16.8. The number of hydrogen-bond donors (Lipinski definition) is 0. The number of halogens is 1. The van der Waals surface area contributed by atoms with Gasteiger partial charge in [0.05, 0.1) is 17.6 Å². The number of nitrogens with zero attached hydrogens (tertiary/aromatic N) is 5. The predicted molar refractivity (Wildman–Crippen MR) is 117 cm³/mol. The Labute approximate surface area is 174 Å². The summed E-state index contributed by atoms with van der Waals surface area (Å²) in [4.78, 5) is 15.7. The largest absolute Gasteiger partial charge is 0.348 e. The molecular weight excluding hydrogens is 414 g/mol. The van der Waals surface area contributed by atoms with Crippen molar-refractivity contribution in [2.75, 3.05) is 18.0 Å². The fraction of sp³-hybridized carbons (Fsp3) is 0.409. The average Bonchev–Trinajstić information content (AvgIpc) is 3.19. The maximum atomic E-state index is 7.37. The Hall–Kier alpha value is -2.39. The van der Waals surface area contributed by atoms with E-state index < -0.39 is 0 Å². The van der Waals surface area contributed by atoms with Crippen LogP contribution < -0.4 is 4.90 Å². The van der Waals surface area contributed by atoms with Crippen LogP contribution in [0.5, 0.6) is 0 Å². The number of rotatable bonds is 2. The maximum Gasteiger partial charge on any atom is 0.242 e. The molecule has 0 bridgehead atoms. The number of anilines is 1. The Balaban J connectivity index is 2.01. The van der Waals surface area contributed by atoms with Crippen molar-refractivity contribution >= 4 is 32.8 Å². The van der Waals surface area contributed by atoms with E-state index in [2.05, 4.69) is 70.1 Å². The topological polar surface area (TPSA) is 38.3 Å². The van der Waals surface area contributed by atoms with Crippen molar-refractivity contribution < 1.29 is 0 Å². The van der Waals surface area contributed by atoms with Gasteiger partial charge in [-0.3, -0.25) is 4.57 Å². The van der Waals surface area contributed by atoms with Gasteiger partial charge in [0.1, 0.15) is 11.6 Å². The monoisotopic (exact) mass is 437 g/mol. The lowest BCUT2D eigenvalue weighted by Crippen LogP contribution is -2.22. The number of benzene rings is 1. The van der Waals surface area contributed by atoms with E-state index in [-0.39, 0.29) is 6.04 Å². The molecule has 2 aromatic heterocycles. The molecule has 1 unspecified atom stereocenters. The van der Waals surface area contributed by atoms with Gasteiger partial charge in [0.2, 0.25) is 6.04 Å². The van der Waals surface area contributed by atoms with Crippen LogP contribution in [-0.4, -0.2) is 33.7 Å². The van der Waals surface area contributed by atoms with Gasteiger partial charge >= 0.3 is 0 Å². The van der Waals surface area contributed by atoms with Crippen LogP contribution in [0.3, 0.4) is 0 Å². The first-order valence-electron chi connectivity index (χ1n) is 9.56. The van der Waals surface area contributed by atoms with Crippen LogP contribution in [0, 0.1) is 41.2 Å². The zero-order valence-electron chi connectivity index (χ0n) is 17.0. The fourth-order valence-corrected chi connectivity index (χ4v) is 5.03. The van der Waals surface area contributed by atoms with Crippen LogP contribution in [0.1, 0.15) is 34.6 Å². The van der Waals surface area contributed by atoms with Gasteiger partial charge in [0.15, 0.2) is 5.65 Å². The Morgan fingerprint density at radius 1 is 1.11 bits per heavy atom. The minimum atomic E-state index is 0.0600. The summed E-state index contributed by atoms with van der Waals surface area (Å²) >= 11 is 3.61. The molecule has 144 valence electrons. The molecule has 3 aromatic rings. The van der Waals surface area contributed by atoms with Crippen LogP contribution in [0.25, 0.3) is 21.6 Å². The van der Waals surface area contributed by atoms with E-state index in [1.165, 1.54) is 28.1 Å². The van der Waals surface area contributed by atoms with Gasteiger partial charge in [-0.1, -0.05) is 15.9 Å². The first-order valence-corrected chi connectivity index (χ1v) is 10.4. The van der Waals surface area contributed by atoms with Gasteiger partial charge in [-0.15, -0.1) is 0 Å². The van der Waals surface area contributed by atoms with Crippen molar-refractivity contribution in [3.05, 3.63) is 56.2 Å². The highest BCUT2D eigenvalue weighted by Gasteiger charge is 2.31. The molecule has 1 saturated heterocycles. The molecule has 1 atom stereocenters. The molecule has 1 aromatic carbocycles. The summed E-state index contributed by atoms with van der Waals surface area (Å²) in [5.74, 6) is 1.74. The number of fused-ring (bicyclic) bond motifs is 1. The first kappa shape index (κ1) is 18.9. The molecule has 0 aliphatic carbocycles. The second-order valence-corrected chi connectivity index (χ2v) is 8.66. The lowest BCUT2D eigenvalue weighted by atomic mass is 10.1. The highest BCUT2D eigenvalue weighted by molar-refractivity contribution is 9.10. The van der Waals surface area contributed by atoms with Gasteiger partial charge < -0.3 is 9.74 Å². The van der Waals surface area contributed by atoms with Crippen molar-refractivity contribution in [1.29, 1.82) is 0 Å². The lowest BCUT2D eigenvalue weighted by molar-refractivity contribution is 0.863. The van der Waals surface area contributed by atoms with Crippen LogP contribution >= 0.6 is 15.9 Å². The van der Waals surface area contributed by atoms with Crippen LogP contribution in [0.4, 0.5) is 5.82 Å².